The highest BCUT2D eigenvalue weighted by Gasteiger charge is 2.20. The Balaban J connectivity index is 1.79. The average Bonchev–Trinajstić information content (AvgIpc) is 3.08. The first-order chi connectivity index (χ1) is 12.6. The summed E-state index contributed by atoms with van der Waals surface area (Å²) in [5.41, 5.74) is 1.73. The molecule has 6 nitrogen and oxygen atoms in total. The van der Waals surface area contributed by atoms with Crippen LogP contribution in [-0.2, 0) is 0 Å². The largest absolute Gasteiger partial charge is 0.504 e. The first kappa shape index (κ1) is 17.5. The number of benzene rings is 2. The molecule has 0 saturated carbocycles. The molecule has 0 radical (unpaired) electrons. The van der Waals surface area contributed by atoms with Crippen molar-refractivity contribution in [3.63, 3.8) is 0 Å². The van der Waals surface area contributed by atoms with Gasteiger partial charge >= 0.3 is 0 Å². The van der Waals surface area contributed by atoms with Crippen LogP contribution < -0.4 is 10.1 Å². The number of ether oxygens (including phenoxy) is 1. The van der Waals surface area contributed by atoms with Crippen LogP contribution in [0.25, 0.3) is 5.69 Å². The van der Waals surface area contributed by atoms with Gasteiger partial charge in [-0.2, -0.15) is 5.10 Å². The number of carbonyl (C=O) groups excluding carboxylic acids is 1. The van der Waals surface area contributed by atoms with Crippen molar-refractivity contribution in [2.24, 2.45) is 0 Å². The van der Waals surface area contributed by atoms with Gasteiger partial charge in [0.25, 0.3) is 5.91 Å². The number of aromatic nitrogens is 2. The highest BCUT2D eigenvalue weighted by Crippen LogP contribution is 2.23. The maximum atomic E-state index is 12.6. The quantitative estimate of drug-likeness (QED) is 0.713. The Morgan fingerprint density at radius 1 is 1.19 bits per heavy atom. The lowest BCUT2D eigenvalue weighted by molar-refractivity contribution is 0.0927. The average molecular weight is 351 g/mol. The number of aromatic hydroxyl groups is 1. The molecule has 2 N–H and O–H groups in total. The molecule has 0 aliphatic carbocycles. The number of methoxy groups -OCH3 is 1. The number of rotatable bonds is 6. The molecule has 1 unspecified atom stereocenters. The van der Waals surface area contributed by atoms with Crippen LogP contribution in [0.15, 0.2) is 60.8 Å². The minimum atomic E-state index is -0.417. The third kappa shape index (κ3) is 3.69. The van der Waals surface area contributed by atoms with Crippen LogP contribution in [0.5, 0.6) is 11.5 Å². The van der Waals surface area contributed by atoms with Gasteiger partial charge in [0.2, 0.25) is 0 Å². The van der Waals surface area contributed by atoms with Gasteiger partial charge in [-0.3, -0.25) is 4.79 Å². The standard InChI is InChI=1S/C20H21N3O3/c1-3-17(14-9-11-16(26-2)12-10-14)21-20(25)19-18(24)13-23(22-19)15-7-5-4-6-8-15/h4-13,17,24H,3H2,1-2H3,(H,21,25). The highest BCUT2D eigenvalue weighted by atomic mass is 16.5. The number of carbonyl (C=O) groups is 1. The lowest BCUT2D eigenvalue weighted by atomic mass is 10.0. The Kier molecular flexibility index (Phi) is 5.22. The van der Waals surface area contributed by atoms with Gasteiger partial charge in [-0.1, -0.05) is 37.3 Å². The van der Waals surface area contributed by atoms with Crippen LogP contribution >= 0.6 is 0 Å². The van der Waals surface area contributed by atoms with Crippen molar-refractivity contribution < 1.29 is 14.6 Å². The first-order valence-corrected chi connectivity index (χ1v) is 8.41. The summed E-state index contributed by atoms with van der Waals surface area (Å²) in [4.78, 5) is 12.6. The van der Waals surface area contributed by atoms with E-state index < -0.39 is 5.91 Å². The second kappa shape index (κ2) is 7.74. The van der Waals surface area contributed by atoms with Crippen LogP contribution in [0.2, 0.25) is 0 Å². The molecule has 3 aromatic rings. The van der Waals surface area contributed by atoms with E-state index in [-0.39, 0.29) is 17.5 Å². The Bertz CT molecular complexity index is 873. The summed E-state index contributed by atoms with van der Waals surface area (Å²) in [6.45, 7) is 1.98. The molecule has 26 heavy (non-hydrogen) atoms. The van der Waals surface area contributed by atoms with Crippen LogP contribution in [-0.4, -0.2) is 27.9 Å². The number of nitrogens with zero attached hydrogens (tertiary/aromatic N) is 2. The maximum absolute atomic E-state index is 12.6. The summed E-state index contributed by atoms with van der Waals surface area (Å²) >= 11 is 0. The van der Waals surface area contributed by atoms with Crippen LogP contribution in [0.1, 0.15) is 35.4 Å². The van der Waals surface area contributed by atoms with Crippen LogP contribution in [0, 0.1) is 0 Å². The smallest absolute Gasteiger partial charge is 0.276 e. The van der Waals surface area contributed by atoms with Gasteiger partial charge in [-0.15, -0.1) is 0 Å². The summed E-state index contributed by atoms with van der Waals surface area (Å²) in [5, 5.41) is 17.3. The van der Waals surface area contributed by atoms with Gasteiger partial charge in [0.05, 0.1) is 25.0 Å². The fourth-order valence-electron chi connectivity index (χ4n) is 2.72. The van der Waals surface area contributed by atoms with E-state index in [4.69, 9.17) is 4.74 Å². The van der Waals surface area contributed by atoms with Gasteiger partial charge in [-0.25, -0.2) is 4.68 Å². The molecule has 6 heteroatoms. The molecule has 3 rings (SSSR count). The molecule has 2 aromatic carbocycles. The van der Waals surface area contributed by atoms with E-state index in [2.05, 4.69) is 10.4 Å². The zero-order chi connectivity index (χ0) is 18.5. The van der Waals surface area contributed by atoms with E-state index in [1.807, 2.05) is 61.5 Å². The van der Waals surface area contributed by atoms with Crippen molar-refractivity contribution in [1.82, 2.24) is 15.1 Å². The monoisotopic (exact) mass is 351 g/mol. The number of nitrogens with one attached hydrogen (secondary N) is 1. The molecule has 1 amide bonds. The fourth-order valence-corrected chi connectivity index (χ4v) is 2.72. The van der Waals surface area contributed by atoms with Crippen molar-refractivity contribution in [2.75, 3.05) is 7.11 Å². The Morgan fingerprint density at radius 2 is 1.88 bits per heavy atom. The van der Waals surface area contributed by atoms with E-state index in [1.54, 1.807) is 7.11 Å². The van der Waals surface area contributed by atoms with Gasteiger partial charge in [-0.05, 0) is 36.2 Å². The molecule has 0 spiro atoms. The van der Waals surface area contributed by atoms with Crippen LogP contribution in [0.3, 0.4) is 0 Å². The highest BCUT2D eigenvalue weighted by molar-refractivity contribution is 5.95. The Labute approximate surface area is 152 Å². The van der Waals surface area contributed by atoms with E-state index in [1.165, 1.54) is 10.9 Å². The summed E-state index contributed by atoms with van der Waals surface area (Å²) in [6.07, 6.45) is 2.14. The molecule has 0 saturated heterocycles. The predicted octanol–water partition coefficient (Wildman–Crippen LogP) is 3.47. The molecular weight excluding hydrogens is 330 g/mol. The first-order valence-electron chi connectivity index (χ1n) is 8.41. The maximum Gasteiger partial charge on any atom is 0.276 e. The van der Waals surface area contributed by atoms with Gasteiger partial charge in [0.1, 0.15) is 5.75 Å². The topological polar surface area (TPSA) is 76.4 Å². The van der Waals surface area contributed by atoms with Crippen molar-refractivity contribution in [2.45, 2.75) is 19.4 Å². The molecule has 1 heterocycles. The van der Waals surface area contributed by atoms with Crippen LogP contribution in [0.4, 0.5) is 0 Å². The molecule has 1 aromatic heterocycles. The van der Waals surface area contributed by atoms with Gasteiger partial charge in [0, 0.05) is 0 Å². The zero-order valence-electron chi connectivity index (χ0n) is 14.7. The Hall–Kier alpha value is -3.28. The third-order valence-corrected chi connectivity index (χ3v) is 4.16. The van der Waals surface area contributed by atoms with Crippen molar-refractivity contribution >= 4 is 5.91 Å². The molecule has 0 aliphatic heterocycles. The van der Waals surface area contributed by atoms with E-state index in [0.29, 0.717) is 6.42 Å². The minimum Gasteiger partial charge on any atom is -0.504 e. The molecule has 0 aliphatic rings. The number of para-hydroxylation sites is 1. The fraction of sp³-hybridized carbons (Fsp3) is 0.200. The van der Waals surface area contributed by atoms with Gasteiger partial charge in [0.15, 0.2) is 11.4 Å². The van der Waals surface area contributed by atoms with Crippen molar-refractivity contribution in [1.29, 1.82) is 0 Å². The molecule has 134 valence electrons. The minimum absolute atomic E-state index is 0.000754. The SMILES string of the molecule is CCC(NC(=O)c1nn(-c2ccccc2)cc1O)c1ccc(OC)cc1. The molecule has 0 bridgehead atoms. The molecule has 1 atom stereocenters. The second-order valence-electron chi connectivity index (χ2n) is 5.85. The number of hydrogen-bond donors (Lipinski definition) is 2. The lowest BCUT2D eigenvalue weighted by Crippen LogP contribution is -2.28. The normalized spacial score (nSPS) is 11.8. The zero-order valence-corrected chi connectivity index (χ0v) is 14.7. The number of hydrogen-bond acceptors (Lipinski definition) is 4. The summed E-state index contributed by atoms with van der Waals surface area (Å²) in [7, 11) is 1.61. The number of amides is 1. The second-order valence-corrected chi connectivity index (χ2v) is 5.85. The molecular formula is C20H21N3O3. The predicted molar refractivity (Wildman–Crippen MR) is 98.7 cm³/mol. The lowest BCUT2D eigenvalue weighted by Gasteiger charge is -2.17. The summed E-state index contributed by atoms with van der Waals surface area (Å²) < 4.78 is 6.65. The van der Waals surface area contributed by atoms with Crippen molar-refractivity contribution in [3.8, 4) is 17.2 Å². The van der Waals surface area contributed by atoms with E-state index in [9.17, 15) is 9.90 Å². The molecule has 0 fully saturated rings. The Morgan fingerprint density at radius 3 is 2.50 bits per heavy atom. The van der Waals surface area contributed by atoms with Crippen molar-refractivity contribution in [3.05, 3.63) is 72.1 Å². The summed E-state index contributed by atoms with van der Waals surface area (Å²) in [6, 6.07) is 16.7. The van der Waals surface area contributed by atoms with Gasteiger partial charge < -0.3 is 15.2 Å². The summed E-state index contributed by atoms with van der Waals surface area (Å²) in [5.74, 6) is 0.185. The third-order valence-electron chi connectivity index (χ3n) is 4.16. The van der Waals surface area contributed by atoms with E-state index in [0.717, 1.165) is 17.0 Å². The van der Waals surface area contributed by atoms with E-state index >= 15 is 0 Å².